The van der Waals surface area contributed by atoms with Crippen LogP contribution in [0.1, 0.15) is 13.8 Å². The molecule has 19 heavy (non-hydrogen) atoms. The molecule has 0 radical (unpaired) electrons. The standard InChI is InChI=1S/C12H26N2O3SSi/c1-6-17-12-11(2)14(8-7-13-12)18(15,16)9-10-19(3,4)5/h11H,6-10H2,1-5H3. The summed E-state index contributed by atoms with van der Waals surface area (Å²) < 4.78 is 31.8. The zero-order valence-electron chi connectivity index (χ0n) is 12.6. The number of rotatable bonds is 5. The van der Waals surface area contributed by atoms with Gasteiger partial charge in [-0.15, -0.1) is 0 Å². The van der Waals surface area contributed by atoms with Crippen LogP contribution in [0.15, 0.2) is 4.99 Å². The molecule has 5 nitrogen and oxygen atoms in total. The largest absolute Gasteiger partial charge is 0.480 e. The summed E-state index contributed by atoms with van der Waals surface area (Å²) in [5.74, 6) is 0.789. The van der Waals surface area contributed by atoms with E-state index in [0.717, 1.165) is 6.04 Å². The number of hydrogen-bond donors (Lipinski definition) is 0. The normalized spacial score (nSPS) is 22.2. The fraction of sp³-hybridized carbons (Fsp3) is 0.917. The highest BCUT2D eigenvalue weighted by Gasteiger charge is 2.34. The number of hydrogen-bond acceptors (Lipinski definition) is 4. The Hall–Kier alpha value is -0.403. The number of aliphatic imine (C=N–C) groups is 1. The van der Waals surface area contributed by atoms with Crippen LogP contribution in [0.25, 0.3) is 0 Å². The van der Waals surface area contributed by atoms with E-state index in [1.54, 1.807) is 4.31 Å². The van der Waals surface area contributed by atoms with Gasteiger partial charge in [-0.05, 0) is 19.9 Å². The Morgan fingerprint density at radius 2 is 2.05 bits per heavy atom. The minimum Gasteiger partial charge on any atom is -0.480 e. The summed E-state index contributed by atoms with van der Waals surface area (Å²) in [6.45, 7) is 11.8. The molecule has 0 N–H and O–H groups in total. The highest BCUT2D eigenvalue weighted by Crippen LogP contribution is 2.18. The summed E-state index contributed by atoms with van der Waals surface area (Å²) in [4.78, 5) is 4.27. The van der Waals surface area contributed by atoms with Crippen molar-refractivity contribution in [3.8, 4) is 0 Å². The van der Waals surface area contributed by atoms with E-state index in [0.29, 0.717) is 25.6 Å². The highest BCUT2D eigenvalue weighted by molar-refractivity contribution is 7.89. The second kappa shape index (κ2) is 6.36. The third-order valence-corrected chi connectivity index (χ3v) is 7.18. The van der Waals surface area contributed by atoms with Gasteiger partial charge in [-0.3, -0.25) is 4.99 Å². The van der Waals surface area contributed by atoms with Gasteiger partial charge in [0, 0.05) is 14.6 Å². The van der Waals surface area contributed by atoms with Crippen LogP contribution in [0.5, 0.6) is 0 Å². The third kappa shape index (κ3) is 4.89. The van der Waals surface area contributed by atoms with Crippen molar-refractivity contribution in [2.75, 3.05) is 25.4 Å². The van der Waals surface area contributed by atoms with Gasteiger partial charge in [-0.1, -0.05) is 19.6 Å². The van der Waals surface area contributed by atoms with Gasteiger partial charge in [0.2, 0.25) is 15.9 Å². The molecule has 112 valence electrons. The van der Waals surface area contributed by atoms with Crippen molar-refractivity contribution >= 4 is 24.0 Å². The van der Waals surface area contributed by atoms with E-state index >= 15 is 0 Å². The van der Waals surface area contributed by atoms with Gasteiger partial charge >= 0.3 is 0 Å². The van der Waals surface area contributed by atoms with Crippen molar-refractivity contribution < 1.29 is 13.2 Å². The van der Waals surface area contributed by atoms with Gasteiger partial charge in [-0.25, -0.2) is 8.42 Å². The molecule has 0 aromatic carbocycles. The van der Waals surface area contributed by atoms with Gasteiger partial charge in [0.15, 0.2) is 0 Å². The van der Waals surface area contributed by atoms with Crippen LogP contribution in [-0.2, 0) is 14.8 Å². The van der Waals surface area contributed by atoms with Crippen molar-refractivity contribution in [2.45, 2.75) is 45.6 Å². The van der Waals surface area contributed by atoms with Crippen LogP contribution in [0.3, 0.4) is 0 Å². The number of ether oxygens (including phenoxy) is 1. The lowest BCUT2D eigenvalue weighted by Gasteiger charge is -2.32. The van der Waals surface area contributed by atoms with Crippen LogP contribution >= 0.6 is 0 Å². The average molecular weight is 307 g/mol. The summed E-state index contributed by atoms with van der Waals surface area (Å²) in [6.07, 6.45) is 0. The molecule has 0 aliphatic carbocycles. The molecule has 0 fully saturated rings. The Kier molecular flexibility index (Phi) is 5.58. The fourth-order valence-electron chi connectivity index (χ4n) is 1.95. The Bertz CT molecular complexity index is 429. The topological polar surface area (TPSA) is 59.0 Å². The first kappa shape index (κ1) is 16.7. The molecule has 0 aromatic rings. The molecule has 0 spiro atoms. The summed E-state index contributed by atoms with van der Waals surface area (Å²) in [5, 5.41) is 0. The highest BCUT2D eigenvalue weighted by atomic mass is 32.2. The first-order valence-corrected chi connectivity index (χ1v) is 12.2. The molecule has 0 saturated carbocycles. The second-order valence-electron chi connectivity index (χ2n) is 6.07. The molecule has 0 bridgehead atoms. The predicted molar refractivity (Wildman–Crippen MR) is 82.0 cm³/mol. The smallest absolute Gasteiger partial charge is 0.214 e. The van der Waals surface area contributed by atoms with E-state index in [-0.39, 0.29) is 11.8 Å². The van der Waals surface area contributed by atoms with E-state index in [1.807, 2.05) is 13.8 Å². The molecule has 7 heteroatoms. The van der Waals surface area contributed by atoms with Crippen LogP contribution in [0.2, 0.25) is 25.7 Å². The molecule has 1 rings (SSSR count). The Morgan fingerprint density at radius 3 is 2.58 bits per heavy atom. The molecule has 1 aliphatic rings. The maximum atomic E-state index is 12.4. The van der Waals surface area contributed by atoms with Gasteiger partial charge in [0.1, 0.15) is 0 Å². The van der Waals surface area contributed by atoms with E-state index in [9.17, 15) is 8.42 Å². The molecule has 0 saturated heterocycles. The van der Waals surface area contributed by atoms with Gasteiger partial charge < -0.3 is 4.74 Å². The lowest BCUT2D eigenvalue weighted by atomic mass is 10.3. The van der Waals surface area contributed by atoms with Crippen LogP contribution in [0.4, 0.5) is 0 Å². The zero-order chi connectivity index (χ0) is 14.7. The molecule has 1 aliphatic heterocycles. The SMILES string of the molecule is CCOC1=NCCN(S(=O)(=O)CC[Si](C)(C)C)C1C. The molecular formula is C12H26N2O3SSi. The first-order chi connectivity index (χ1) is 8.67. The van der Waals surface area contributed by atoms with Gasteiger partial charge in [0.25, 0.3) is 0 Å². The van der Waals surface area contributed by atoms with Crippen molar-refractivity contribution in [3.05, 3.63) is 0 Å². The quantitative estimate of drug-likeness (QED) is 0.728. The van der Waals surface area contributed by atoms with E-state index in [1.165, 1.54) is 0 Å². The maximum Gasteiger partial charge on any atom is 0.214 e. The molecule has 1 heterocycles. The van der Waals surface area contributed by atoms with Crippen LogP contribution in [0, 0.1) is 0 Å². The fourth-order valence-corrected chi connectivity index (χ4v) is 6.60. The molecule has 0 aromatic heterocycles. The average Bonchev–Trinajstić information content (AvgIpc) is 2.29. The first-order valence-electron chi connectivity index (χ1n) is 6.84. The summed E-state index contributed by atoms with van der Waals surface area (Å²) in [7, 11) is -4.56. The number of sulfonamides is 1. The van der Waals surface area contributed by atoms with Gasteiger partial charge in [-0.2, -0.15) is 4.31 Å². The molecule has 0 amide bonds. The van der Waals surface area contributed by atoms with E-state index in [2.05, 4.69) is 24.6 Å². The van der Waals surface area contributed by atoms with Crippen LogP contribution < -0.4 is 0 Å². The van der Waals surface area contributed by atoms with Crippen molar-refractivity contribution in [3.63, 3.8) is 0 Å². The van der Waals surface area contributed by atoms with E-state index < -0.39 is 18.1 Å². The number of nitrogens with zero attached hydrogens (tertiary/aromatic N) is 2. The van der Waals surface area contributed by atoms with Crippen molar-refractivity contribution in [1.29, 1.82) is 0 Å². The lowest BCUT2D eigenvalue weighted by molar-refractivity contribution is 0.266. The Balaban J connectivity index is 2.76. The minimum atomic E-state index is -3.21. The van der Waals surface area contributed by atoms with Crippen molar-refractivity contribution in [2.24, 2.45) is 4.99 Å². The predicted octanol–water partition coefficient (Wildman–Crippen LogP) is 1.79. The molecule has 1 unspecified atom stereocenters. The van der Waals surface area contributed by atoms with Gasteiger partial charge in [0.05, 0.1) is 24.9 Å². The second-order valence-corrected chi connectivity index (χ2v) is 13.7. The molecular weight excluding hydrogens is 280 g/mol. The molecule has 1 atom stereocenters. The van der Waals surface area contributed by atoms with E-state index in [4.69, 9.17) is 4.74 Å². The summed E-state index contributed by atoms with van der Waals surface area (Å²) in [5.41, 5.74) is 0. The summed E-state index contributed by atoms with van der Waals surface area (Å²) >= 11 is 0. The Morgan fingerprint density at radius 1 is 1.42 bits per heavy atom. The maximum absolute atomic E-state index is 12.4. The minimum absolute atomic E-state index is 0.243. The third-order valence-electron chi connectivity index (χ3n) is 3.14. The Labute approximate surface area is 118 Å². The zero-order valence-corrected chi connectivity index (χ0v) is 14.5. The summed E-state index contributed by atoms with van der Waals surface area (Å²) in [6, 6.07) is 0.514. The van der Waals surface area contributed by atoms with Crippen molar-refractivity contribution in [1.82, 2.24) is 4.31 Å². The van der Waals surface area contributed by atoms with Crippen LogP contribution in [-0.4, -0.2) is 58.2 Å². The monoisotopic (exact) mass is 306 g/mol. The lowest BCUT2D eigenvalue weighted by Crippen LogP contribution is -2.49.